The summed E-state index contributed by atoms with van der Waals surface area (Å²) in [5.41, 5.74) is -0.570. The van der Waals surface area contributed by atoms with Crippen molar-refractivity contribution in [3.05, 3.63) is 35.9 Å². The first-order valence-corrected chi connectivity index (χ1v) is 6.43. The molecule has 102 valence electrons. The van der Waals surface area contributed by atoms with Crippen LogP contribution in [0.5, 0.6) is 0 Å². The van der Waals surface area contributed by atoms with Crippen LogP contribution in [0.25, 0.3) is 0 Å². The first-order valence-electron chi connectivity index (χ1n) is 6.43. The van der Waals surface area contributed by atoms with E-state index < -0.39 is 11.7 Å². The standard InChI is InChI=1S/C16H20O3/c1-4-8-14(11-12-16(2,3)18)19-15(17)13-9-6-5-7-10-13/h5-7,9-10,14,18H,4,8H2,1-3H3/t14-/m0/s1. The minimum atomic E-state index is -1.08. The van der Waals surface area contributed by atoms with Crippen LogP contribution < -0.4 is 0 Å². The summed E-state index contributed by atoms with van der Waals surface area (Å²) >= 11 is 0. The molecule has 1 aromatic carbocycles. The van der Waals surface area contributed by atoms with Crippen LogP contribution in [-0.2, 0) is 4.74 Å². The van der Waals surface area contributed by atoms with Crippen LogP contribution in [0.15, 0.2) is 30.3 Å². The summed E-state index contributed by atoms with van der Waals surface area (Å²) < 4.78 is 5.35. The van der Waals surface area contributed by atoms with Crippen LogP contribution in [-0.4, -0.2) is 22.8 Å². The third kappa shape index (κ3) is 6.08. The zero-order chi connectivity index (χ0) is 14.3. The van der Waals surface area contributed by atoms with Crippen LogP contribution in [0.2, 0.25) is 0 Å². The van der Waals surface area contributed by atoms with E-state index in [1.807, 2.05) is 13.0 Å². The number of aliphatic hydroxyl groups is 1. The number of ether oxygens (including phenoxy) is 1. The Bertz CT molecular complexity index is 460. The van der Waals surface area contributed by atoms with Crippen molar-refractivity contribution < 1.29 is 14.6 Å². The predicted octanol–water partition coefficient (Wildman–Crippen LogP) is 2.79. The summed E-state index contributed by atoms with van der Waals surface area (Å²) in [4.78, 5) is 11.9. The van der Waals surface area contributed by atoms with E-state index >= 15 is 0 Å². The molecule has 0 heterocycles. The zero-order valence-electron chi connectivity index (χ0n) is 11.6. The molecule has 0 unspecified atom stereocenters. The lowest BCUT2D eigenvalue weighted by atomic mass is 10.1. The normalized spacial score (nSPS) is 12.2. The first kappa shape index (κ1) is 15.3. The van der Waals surface area contributed by atoms with Crippen LogP contribution in [0.1, 0.15) is 44.0 Å². The number of rotatable bonds is 4. The van der Waals surface area contributed by atoms with Crippen molar-refractivity contribution in [2.75, 3.05) is 0 Å². The van der Waals surface area contributed by atoms with Gasteiger partial charge in [0.2, 0.25) is 0 Å². The average Bonchev–Trinajstić information content (AvgIpc) is 2.36. The Hall–Kier alpha value is -1.79. The molecule has 0 fully saturated rings. The Labute approximate surface area is 114 Å². The van der Waals surface area contributed by atoms with Gasteiger partial charge >= 0.3 is 5.97 Å². The third-order valence-electron chi connectivity index (χ3n) is 2.35. The molecule has 0 amide bonds. The lowest BCUT2D eigenvalue weighted by molar-refractivity contribution is 0.0393. The Kier molecular flexibility index (Phi) is 5.59. The summed E-state index contributed by atoms with van der Waals surface area (Å²) in [6.45, 7) is 5.19. The summed E-state index contributed by atoms with van der Waals surface area (Å²) in [6, 6.07) is 8.82. The Morgan fingerprint density at radius 3 is 2.53 bits per heavy atom. The molecule has 19 heavy (non-hydrogen) atoms. The second-order valence-corrected chi connectivity index (χ2v) is 4.88. The molecule has 0 aliphatic heterocycles. The van der Waals surface area contributed by atoms with Gasteiger partial charge in [0.05, 0.1) is 5.56 Å². The highest BCUT2D eigenvalue weighted by atomic mass is 16.5. The molecule has 0 aliphatic carbocycles. The molecule has 3 heteroatoms. The molecule has 1 N–H and O–H groups in total. The third-order valence-corrected chi connectivity index (χ3v) is 2.35. The van der Waals surface area contributed by atoms with Crippen LogP contribution in [0, 0.1) is 11.8 Å². The maximum absolute atomic E-state index is 11.9. The van der Waals surface area contributed by atoms with Gasteiger partial charge in [0.25, 0.3) is 0 Å². The second-order valence-electron chi connectivity index (χ2n) is 4.88. The van der Waals surface area contributed by atoms with E-state index in [4.69, 9.17) is 4.74 Å². The van der Waals surface area contributed by atoms with Gasteiger partial charge in [-0.1, -0.05) is 43.4 Å². The lowest BCUT2D eigenvalue weighted by Crippen LogP contribution is -2.20. The predicted molar refractivity (Wildman–Crippen MR) is 74.6 cm³/mol. The molecule has 0 saturated carbocycles. The molecule has 0 saturated heterocycles. The molecule has 0 aromatic heterocycles. The lowest BCUT2D eigenvalue weighted by Gasteiger charge is -2.13. The monoisotopic (exact) mass is 260 g/mol. The average molecular weight is 260 g/mol. The van der Waals surface area contributed by atoms with Gasteiger partial charge in [0.15, 0.2) is 6.10 Å². The van der Waals surface area contributed by atoms with Crippen molar-refractivity contribution in [3.8, 4) is 11.8 Å². The molecule has 0 aliphatic rings. The fraction of sp³-hybridized carbons (Fsp3) is 0.438. The minimum Gasteiger partial charge on any atom is -0.446 e. The van der Waals surface area contributed by atoms with E-state index in [1.165, 1.54) is 0 Å². The van der Waals surface area contributed by atoms with Crippen molar-refractivity contribution in [1.29, 1.82) is 0 Å². The Morgan fingerprint density at radius 2 is 2.00 bits per heavy atom. The van der Waals surface area contributed by atoms with E-state index in [1.54, 1.807) is 38.1 Å². The number of hydrogen-bond donors (Lipinski definition) is 1. The SMILES string of the molecule is CCC[C@@H](C#CC(C)(C)O)OC(=O)c1ccccc1. The summed E-state index contributed by atoms with van der Waals surface area (Å²) in [5, 5.41) is 9.57. The molecule has 3 nitrogen and oxygen atoms in total. The van der Waals surface area contributed by atoms with Crippen LogP contribution in [0.4, 0.5) is 0 Å². The Morgan fingerprint density at radius 1 is 1.37 bits per heavy atom. The summed E-state index contributed by atoms with van der Waals surface area (Å²) in [6.07, 6.45) is 1.03. The number of esters is 1. The van der Waals surface area contributed by atoms with Crippen LogP contribution in [0.3, 0.4) is 0 Å². The number of carbonyl (C=O) groups is 1. The quantitative estimate of drug-likeness (QED) is 0.669. The zero-order valence-corrected chi connectivity index (χ0v) is 11.6. The van der Waals surface area contributed by atoms with Gasteiger partial charge in [-0.05, 0) is 32.4 Å². The highest BCUT2D eigenvalue weighted by Gasteiger charge is 2.14. The van der Waals surface area contributed by atoms with E-state index in [0.717, 1.165) is 6.42 Å². The van der Waals surface area contributed by atoms with Crippen molar-refractivity contribution >= 4 is 5.97 Å². The minimum absolute atomic E-state index is 0.385. The highest BCUT2D eigenvalue weighted by Crippen LogP contribution is 2.08. The van der Waals surface area contributed by atoms with Gasteiger partial charge in [-0.15, -0.1) is 0 Å². The van der Waals surface area contributed by atoms with E-state index in [9.17, 15) is 9.90 Å². The molecule has 0 spiro atoms. The second kappa shape index (κ2) is 6.96. The molecule has 0 radical (unpaired) electrons. The molecular weight excluding hydrogens is 240 g/mol. The summed E-state index contributed by atoms with van der Waals surface area (Å²) in [5.74, 6) is 5.13. The highest BCUT2D eigenvalue weighted by molar-refractivity contribution is 5.89. The van der Waals surface area contributed by atoms with Crippen LogP contribution >= 0.6 is 0 Å². The fourth-order valence-electron chi connectivity index (χ4n) is 1.45. The molecule has 1 atom stereocenters. The fourth-order valence-corrected chi connectivity index (χ4v) is 1.45. The van der Waals surface area contributed by atoms with E-state index in [-0.39, 0.29) is 5.97 Å². The first-order chi connectivity index (χ1) is 8.92. The van der Waals surface area contributed by atoms with Gasteiger partial charge in [0.1, 0.15) is 5.60 Å². The number of benzene rings is 1. The number of carbonyl (C=O) groups excluding carboxylic acids is 1. The largest absolute Gasteiger partial charge is 0.446 e. The van der Waals surface area contributed by atoms with Crippen molar-refractivity contribution in [2.24, 2.45) is 0 Å². The molecule has 1 rings (SSSR count). The van der Waals surface area contributed by atoms with Gasteiger partial charge < -0.3 is 9.84 Å². The maximum atomic E-state index is 11.9. The van der Waals surface area contributed by atoms with Crippen molar-refractivity contribution in [3.63, 3.8) is 0 Å². The Balaban J connectivity index is 2.73. The molecular formula is C16H20O3. The van der Waals surface area contributed by atoms with Gasteiger partial charge in [0, 0.05) is 0 Å². The summed E-state index contributed by atoms with van der Waals surface area (Å²) in [7, 11) is 0. The van der Waals surface area contributed by atoms with Gasteiger partial charge in [-0.2, -0.15) is 0 Å². The van der Waals surface area contributed by atoms with E-state index in [0.29, 0.717) is 12.0 Å². The molecule has 0 bridgehead atoms. The maximum Gasteiger partial charge on any atom is 0.339 e. The topological polar surface area (TPSA) is 46.5 Å². The van der Waals surface area contributed by atoms with E-state index in [2.05, 4.69) is 11.8 Å². The smallest absolute Gasteiger partial charge is 0.339 e. The van der Waals surface area contributed by atoms with Crippen molar-refractivity contribution in [2.45, 2.75) is 45.3 Å². The number of hydrogen-bond acceptors (Lipinski definition) is 3. The van der Waals surface area contributed by atoms with Gasteiger partial charge in [-0.25, -0.2) is 4.79 Å². The van der Waals surface area contributed by atoms with Crippen molar-refractivity contribution in [1.82, 2.24) is 0 Å². The molecule has 1 aromatic rings. The van der Waals surface area contributed by atoms with Gasteiger partial charge in [-0.3, -0.25) is 0 Å².